The summed E-state index contributed by atoms with van der Waals surface area (Å²) < 4.78 is 16.7. The first-order valence-electron chi connectivity index (χ1n) is 9.61. The molecular weight excluding hydrogens is 493 g/mol. The maximum atomic E-state index is 6.07. The van der Waals surface area contributed by atoms with Gasteiger partial charge in [-0.1, -0.05) is 23.7 Å². The molecule has 1 unspecified atom stereocenters. The molecule has 1 aliphatic rings. The Morgan fingerprint density at radius 3 is 2.79 bits per heavy atom. The van der Waals surface area contributed by atoms with Gasteiger partial charge < -0.3 is 24.8 Å². The molecule has 28 heavy (non-hydrogen) atoms. The minimum Gasteiger partial charge on any atom is -0.381 e. The highest BCUT2D eigenvalue weighted by Crippen LogP contribution is 2.19. The number of ether oxygens (including phenoxy) is 3. The number of halogens is 2. The van der Waals surface area contributed by atoms with Crippen LogP contribution in [0.4, 0.5) is 0 Å². The van der Waals surface area contributed by atoms with Crippen molar-refractivity contribution in [3.8, 4) is 0 Å². The standard InChI is InChI=1S/C20H32ClN3O3.HI/c1-22-20(23-9-4-10-27-15-16-7-11-26-12-8-16)24-14-19(25-2)17-5-3-6-18(21)13-17;/h3,5-6,13,16,19H,4,7-12,14-15H2,1-2H3,(H2,22,23,24);1H. The van der Waals surface area contributed by atoms with Gasteiger partial charge in [-0.05, 0) is 42.9 Å². The van der Waals surface area contributed by atoms with Crippen molar-refractivity contribution in [2.24, 2.45) is 10.9 Å². The van der Waals surface area contributed by atoms with Gasteiger partial charge in [0.25, 0.3) is 0 Å². The van der Waals surface area contributed by atoms with Gasteiger partial charge in [-0.3, -0.25) is 4.99 Å². The Kier molecular flexibility index (Phi) is 13.9. The number of nitrogens with one attached hydrogen (secondary N) is 2. The highest BCUT2D eigenvalue weighted by Gasteiger charge is 2.14. The monoisotopic (exact) mass is 525 g/mol. The van der Waals surface area contributed by atoms with Gasteiger partial charge in [-0.2, -0.15) is 0 Å². The van der Waals surface area contributed by atoms with Crippen molar-refractivity contribution in [3.63, 3.8) is 0 Å². The summed E-state index contributed by atoms with van der Waals surface area (Å²) >= 11 is 6.07. The van der Waals surface area contributed by atoms with Crippen LogP contribution >= 0.6 is 35.6 Å². The summed E-state index contributed by atoms with van der Waals surface area (Å²) in [6.07, 6.45) is 3.07. The fourth-order valence-electron chi connectivity index (χ4n) is 3.00. The fourth-order valence-corrected chi connectivity index (χ4v) is 3.20. The molecule has 8 heteroatoms. The molecule has 2 N–H and O–H groups in total. The molecule has 0 amide bonds. The van der Waals surface area contributed by atoms with Gasteiger partial charge in [0.1, 0.15) is 0 Å². The topological polar surface area (TPSA) is 64.1 Å². The maximum absolute atomic E-state index is 6.07. The minimum atomic E-state index is -0.0925. The Hall–Kier alpha value is -0.610. The van der Waals surface area contributed by atoms with Gasteiger partial charge >= 0.3 is 0 Å². The molecular formula is C20H33ClIN3O3. The molecule has 1 heterocycles. The van der Waals surface area contributed by atoms with Crippen LogP contribution in [0.2, 0.25) is 5.02 Å². The molecule has 0 saturated carbocycles. The van der Waals surface area contributed by atoms with Crippen LogP contribution in [0.25, 0.3) is 0 Å². The average Bonchev–Trinajstić information content (AvgIpc) is 2.70. The SMILES string of the molecule is CN=C(NCCCOCC1CCOCC1)NCC(OC)c1cccc(Cl)c1.I. The van der Waals surface area contributed by atoms with Crippen LogP contribution in [-0.4, -0.2) is 59.6 Å². The lowest BCUT2D eigenvalue weighted by molar-refractivity contribution is 0.0203. The molecule has 0 aromatic heterocycles. The summed E-state index contributed by atoms with van der Waals surface area (Å²) in [4.78, 5) is 4.25. The van der Waals surface area contributed by atoms with E-state index in [1.54, 1.807) is 14.2 Å². The summed E-state index contributed by atoms with van der Waals surface area (Å²) in [5, 5.41) is 7.31. The van der Waals surface area contributed by atoms with Gasteiger partial charge in [-0.25, -0.2) is 0 Å². The van der Waals surface area contributed by atoms with Crippen LogP contribution in [-0.2, 0) is 14.2 Å². The van der Waals surface area contributed by atoms with E-state index in [9.17, 15) is 0 Å². The van der Waals surface area contributed by atoms with Crippen molar-refractivity contribution < 1.29 is 14.2 Å². The molecule has 160 valence electrons. The second-order valence-corrected chi connectivity index (χ2v) is 7.08. The Balaban J connectivity index is 0.00000392. The van der Waals surface area contributed by atoms with E-state index in [-0.39, 0.29) is 30.1 Å². The van der Waals surface area contributed by atoms with E-state index in [2.05, 4.69) is 15.6 Å². The van der Waals surface area contributed by atoms with Crippen molar-refractivity contribution >= 4 is 41.5 Å². The summed E-state index contributed by atoms with van der Waals surface area (Å²) in [7, 11) is 3.46. The highest BCUT2D eigenvalue weighted by atomic mass is 127. The fraction of sp³-hybridized carbons (Fsp3) is 0.650. The largest absolute Gasteiger partial charge is 0.381 e. The van der Waals surface area contributed by atoms with Crippen molar-refractivity contribution in [1.82, 2.24) is 10.6 Å². The molecule has 1 atom stereocenters. The Morgan fingerprint density at radius 1 is 1.32 bits per heavy atom. The zero-order valence-electron chi connectivity index (χ0n) is 16.8. The van der Waals surface area contributed by atoms with E-state index in [1.165, 1.54) is 0 Å². The molecule has 2 rings (SSSR count). The maximum Gasteiger partial charge on any atom is 0.191 e. The van der Waals surface area contributed by atoms with Gasteiger partial charge in [-0.15, -0.1) is 24.0 Å². The summed E-state index contributed by atoms with van der Waals surface area (Å²) in [5.41, 5.74) is 1.04. The van der Waals surface area contributed by atoms with Crippen LogP contribution in [0.1, 0.15) is 30.9 Å². The third-order valence-corrected chi connectivity index (χ3v) is 4.87. The van der Waals surface area contributed by atoms with Crippen molar-refractivity contribution in [2.45, 2.75) is 25.4 Å². The van der Waals surface area contributed by atoms with Gasteiger partial charge in [0.2, 0.25) is 0 Å². The van der Waals surface area contributed by atoms with Crippen LogP contribution in [0.5, 0.6) is 0 Å². The number of benzene rings is 1. The predicted molar refractivity (Wildman–Crippen MR) is 125 cm³/mol. The molecule has 1 saturated heterocycles. The average molecular weight is 526 g/mol. The smallest absolute Gasteiger partial charge is 0.191 e. The number of nitrogens with zero attached hydrogens (tertiary/aromatic N) is 1. The number of methoxy groups -OCH3 is 1. The second kappa shape index (κ2) is 15.3. The molecule has 0 radical (unpaired) electrons. The Morgan fingerprint density at radius 2 is 2.11 bits per heavy atom. The van der Waals surface area contributed by atoms with E-state index < -0.39 is 0 Å². The van der Waals surface area contributed by atoms with Crippen molar-refractivity contribution in [2.75, 3.05) is 53.7 Å². The number of aliphatic imine (C=N–C) groups is 1. The van der Waals surface area contributed by atoms with Crippen LogP contribution in [0.15, 0.2) is 29.3 Å². The quantitative estimate of drug-likeness (QED) is 0.211. The van der Waals surface area contributed by atoms with E-state index in [0.29, 0.717) is 17.5 Å². The van der Waals surface area contributed by atoms with Gasteiger partial charge in [0.15, 0.2) is 5.96 Å². The van der Waals surface area contributed by atoms with Crippen LogP contribution in [0.3, 0.4) is 0 Å². The van der Waals surface area contributed by atoms with Gasteiger partial charge in [0, 0.05) is 58.7 Å². The van der Waals surface area contributed by atoms with E-state index >= 15 is 0 Å². The third-order valence-electron chi connectivity index (χ3n) is 4.64. The van der Waals surface area contributed by atoms with Crippen LogP contribution in [0, 0.1) is 5.92 Å². The lowest BCUT2D eigenvalue weighted by Gasteiger charge is -2.21. The highest BCUT2D eigenvalue weighted by molar-refractivity contribution is 14.0. The van der Waals surface area contributed by atoms with Crippen molar-refractivity contribution in [1.29, 1.82) is 0 Å². The predicted octanol–water partition coefficient (Wildman–Crippen LogP) is 3.64. The molecule has 0 bridgehead atoms. The van der Waals surface area contributed by atoms with Crippen molar-refractivity contribution in [3.05, 3.63) is 34.9 Å². The lowest BCUT2D eigenvalue weighted by atomic mass is 10.0. The minimum absolute atomic E-state index is 0. The normalized spacial score (nSPS) is 16.3. The van der Waals surface area contributed by atoms with E-state index in [0.717, 1.165) is 63.8 Å². The Bertz CT molecular complexity index is 571. The second-order valence-electron chi connectivity index (χ2n) is 6.64. The third kappa shape index (κ3) is 9.73. The van der Waals surface area contributed by atoms with E-state index in [4.69, 9.17) is 25.8 Å². The zero-order chi connectivity index (χ0) is 19.3. The first kappa shape index (κ1) is 25.4. The van der Waals surface area contributed by atoms with Crippen LogP contribution < -0.4 is 10.6 Å². The zero-order valence-corrected chi connectivity index (χ0v) is 19.9. The van der Waals surface area contributed by atoms with Gasteiger partial charge in [0.05, 0.1) is 6.10 Å². The number of guanidine groups is 1. The molecule has 6 nitrogen and oxygen atoms in total. The molecule has 1 aromatic carbocycles. The first-order chi connectivity index (χ1) is 13.2. The lowest BCUT2D eigenvalue weighted by Crippen LogP contribution is -2.40. The summed E-state index contributed by atoms with van der Waals surface area (Å²) in [6.45, 7) is 4.75. The molecule has 0 spiro atoms. The molecule has 1 aliphatic heterocycles. The number of rotatable bonds is 10. The van der Waals surface area contributed by atoms with E-state index in [1.807, 2.05) is 24.3 Å². The summed E-state index contributed by atoms with van der Waals surface area (Å²) in [5.74, 6) is 1.40. The Labute approximate surface area is 190 Å². The summed E-state index contributed by atoms with van der Waals surface area (Å²) in [6, 6.07) is 7.71. The first-order valence-corrected chi connectivity index (χ1v) is 9.99. The number of hydrogen-bond donors (Lipinski definition) is 2. The molecule has 0 aliphatic carbocycles. The molecule has 1 aromatic rings. The number of hydrogen-bond acceptors (Lipinski definition) is 4. The molecule has 1 fully saturated rings.